The predicted molar refractivity (Wildman–Crippen MR) is 84.1 cm³/mol. The minimum absolute atomic E-state index is 0.564. The third-order valence-corrected chi connectivity index (χ3v) is 4.46. The van der Waals surface area contributed by atoms with E-state index in [1.165, 1.54) is 25.7 Å². The molecule has 20 heavy (non-hydrogen) atoms. The number of nitrogens with one attached hydrogen (secondary N) is 1. The summed E-state index contributed by atoms with van der Waals surface area (Å²) in [6, 6.07) is 5.90. The summed E-state index contributed by atoms with van der Waals surface area (Å²) in [7, 11) is 3.60. The molecule has 1 aromatic carbocycles. The molecule has 0 bridgehead atoms. The molecular weight excluding hydrogens is 272 g/mol. The van der Waals surface area contributed by atoms with Gasteiger partial charge >= 0.3 is 0 Å². The van der Waals surface area contributed by atoms with Crippen molar-refractivity contribution in [3.63, 3.8) is 0 Å². The molecule has 1 heterocycles. The second kappa shape index (κ2) is 5.49. The molecule has 0 radical (unpaired) electrons. The Kier molecular flexibility index (Phi) is 3.70. The number of ether oxygens (including phenoxy) is 1. The van der Waals surface area contributed by atoms with E-state index < -0.39 is 0 Å². The average Bonchev–Trinajstić information content (AvgIpc) is 3.01. The predicted octanol–water partition coefficient (Wildman–Crippen LogP) is 4.60. The van der Waals surface area contributed by atoms with Crippen LogP contribution < -0.4 is 10.1 Å². The Bertz CT molecular complexity index is 636. The van der Waals surface area contributed by atoms with Gasteiger partial charge in [-0.05, 0) is 31.0 Å². The maximum Gasteiger partial charge on any atom is 0.130 e. The third kappa shape index (κ3) is 2.20. The zero-order chi connectivity index (χ0) is 14.1. The number of anilines is 1. The molecule has 0 aliphatic heterocycles. The average molecular weight is 291 g/mol. The maximum absolute atomic E-state index is 6.35. The highest BCUT2D eigenvalue weighted by atomic mass is 35.5. The van der Waals surface area contributed by atoms with Crippen molar-refractivity contribution >= 4 is 28.2 Å². The number of rotatable bonds is 3. The Hall–Kier alpha value is -1.48. The molecular formula is C16H19ClN2O. The van der Waals surface area contributed by atoms with Crippen molar-refractivity contribution in [3.8, 4) is 5.75 Å². The molecule has 3 rings (SSSR count). The van der Waals surface area contributed by atoms with Crippen LogP contribution in [0.4, 0.5) is 5.69 Å². The first-order chi connectivity index (χ1) is 9.74. The lowest BCUT2D eigenvalue weighted by Crippen LogP contribution is -2.01. The van der Waals surface area contributed by atoms with Crippen LogP contribution >= 0.6 is 11.6 Å². The molecule has 1 fully saturated rings. The summed E-state index contributed by atoms with van der Waals surface area (Å²) in [4.78, 5) is 4.82. The Morgan fingerprint density at radius 3 is 2.70 bits per heavy atom. The molecule has 1 saturated carbocycles. The van der Waals surface area contributed by atoms with E-state index >= 15 is 0 Å². The van der Waals surface area contributed by atoms with E-state index in [1.807, 2.05) is 19.2 Å². The van der Waals surface area contributed by atoms with Crippen molar-refractivity contribution in [1.29, 1.82) is 0 Å². The normalized spacial score (nSPS) is 15.8. The first kappa shape index (κ1) is 13.5. The molecule has 0 saturated heterocycles. The fourth-order valence-electron chi connectivity index (χ4n) is 3.10. The maximum atomic E-state index is 6.35. The largest absolute Gasteiger partial charge is 0.496 e. The van der Waals surface area contributed by atoms with E-state index in [4.69, 9.17) is 21.3 Å². The molecule has 1 aliphatic rings. The van der Waals surface area contributed by atoms with Crippen LogP contribution in [0.5, 0.6) is 5.75 Å². The van der Waals surface area contributed by atoms with Gasteiger partial charge in [0, 0.05) is 24.3 Å². The second-order valence-corrected chi connectivity index (χ2v) is 5.71. The van der Waals surface area contributed by atoms with Crippen LogP contribution in [0.25, 0.3) is 10.9 Å². The minimum Gasteiger partial charge on any atom is -0.496 e. The third-order valence-electron chi connectivity index (χ3n) is 4.16. The molecule has 1 aromatic heterocycles. The molecule has 0 amide bonds. The number of hydrogen-bond donors (Lipinski definition) is 1. The highest BCUT2D eigenvalue weighted by molar-refractivity contribution is 6.35. The quantitative estimate of drug-likeness (QED) is 0.897. The monoisotopic (exact) mass is 290 g/mol. The zero-order valence-electron chi connectivity index (χ0n) is 11.9. The Morgan fingerprint density at radius 2 is 2.05 bits per heavy atom. The number of fused-ring (bicyclic) bond motifs is 1. The standard InChI is InChI=1S/C16H19ClN2O/c1-18-13-9-12(10-5-3-4-6-10)19-16-11(17)7-8-14(20-2)15(13)16/h7-10H,3-6H2,1-2H3,(H,18,19). The molecule has 0 atom stereocenters. The lowest BCUT2D eigenvalue weighted by molar-refractivity contribution is 0.420. The van der Waals surface area contributed by atoms with Crippen molar-refractivity contribution < 1.29 is 4.74 Å². The number of halogens is 1. The van der Waals surface area contributed by atoms with Gasteiger partial charge in [0.2, 0.25) is 0 Å². The van der Waals surface area contributed by atoms with E-state index in [9.17, 15) is 0 Å². The molecule has 1 aliphatic carbocycles. The summed E-state index contributed by atoms with van der Waals surface area (Å²) in [6.45, 7) is 0. The SMILES string of the molecule is CNc1cc(C2CCCC2)nc2c(Cl)ccc(OC)c12. The van der Waals surface area contributed by atoms with Gasteiger partial charge in [-0.1, -0.05) is 24.4 Å². The first-order valence-electron chi connectivity index (χ1n) is 7.09. The van der Waals surface area contributed by atoms with Crippen LogP contribution in [0.2, 0.25) is 5.02 Å². The summed E-state index contributed by atoms with van der Waals surface area (Å²) in [5.41, 5.74) is 3.02. The molecule has 2 aromatic rings. The van der Waals surface area contributed by atoms with Gasteiger partial charge in [0.15, 0.2) is 0 Å². The number of hydrogen-bond acceptors (Lipinski definition) is 3. The number of methoxy groups -OCH3 is 1. The van der Waals surface area contributed by atoms with Crippen molar-refractivity contribution in [1.82, 2.24) is 4.98 Å². The number of aromatic nitrogens is 1. The summed E-state index contributed by atoms with van der Waals surface area (Å²) < 4.78 is 5.45. The van der Waals surface area contributed by atoms with Gasteiger partial charge in [-0.3, -0.25) is 4.98 Å². The van der Waals surface area contributed by atoms with Crippen molar-refractivity contribution in [2.24, 2.45) is 0 Å². The fraction of sp³-hybridized carbons (Fsp3) is 0.438. The zero-order valence-corrected chi connectivity index (χ0v) is 12.6. The van der Waals surface area contributed by atoms with Crippen LogP contribution in [0, 0.1) is 0 Å². The second-order valence-electron chi connectivity index (χ2n) is 5.30. The molecule has 3 nitrogen and oxygen atoms in total. The summed E-state index contributed by atoms with van der Waals surface area (Å²) >= 11 is 6.35. The molecule has 106 valence electrons. The van der Waals surface area contributed by atoms with Crippen molar-refractivity contribution in [2.45, 2.75) is 31.6 Å². The fourth-order valence-corrected chi connectivity index (χ4v) is 3.30. The van der Waals surface area contributed by atoms with Gasteiger partial charge in [0.05, 0.1) is 23.0 Å². The van der Waals surface area contributed by atoms with Gasteiger partial charge in [-0.2, -0.15) is 0 Å². The summed E-state index contributed by atoms with van der Waals surface area (Å²) in [5, 5.41) is 4.90. The van der Waals surface area contributed by atoms with Gasteiger partial charge in [0.1, 0.15) is 5.75 Å². The molecule has 1 N–H and O–H groups in total. The van der Waals surface area contributed by atoms with E-state index in [1.54, 1.807) is 7.11 Å². The Morgan fingerprint density at radius 1 is 1.30 bits per heavy atom. The van der Waals surface area contributed by atoms with Crippen molar-refractivity contribution in [3.05, 3.63) is 28.9 Å². The van der Waals surface area contributed by atoms with Crippen LogP contribution in [-0.2, 0) is 0 Å². The number of benzene rings is 1. The minimum atomic E-state index is 0.564. The summed E-state index contributed by atoms with van der Waals surface area (Å²) in [5.74, 6) is 1.37. The van der Waals surface area contributed by atoms with E-state index in [0.717, 1.165) is 28.0 Å². The smallest absolute Gasteiger partial charge is 0.130 e. The molecule has 0 spiro atoms. The topological polar surface area (TPSA) is 34.2 Å². The van der Waals surface area contributed by atoms with E-state index in [-0.39, 0.29) is 0 Å². The number of nitrogens with zero attached hydrogens (tertiary/aromatic N) is 1. The Labute approximate surface area is 124 Å². The lowest BCUT2D eigenvalue weighted by atomic mass is 10.0. The first-order valence-corrected chi connectivity index (χ1v) is 7.47. The van der Waals surface area contributed by atoms with Gasteiger partial charge in [-0.25, -0.2) is 0 Å². The van der Waals surface area contributed by atoms with Crippen LogP contribution in [0.3, 0.4) is 0 Å². The van der Waals surface area contributed by atoms with Crippen molar-refractivity contribution in [2.75, 3.05) is 19.5 Å². The van der Waals surface area contributed by atoms with Crippen LogP contribution in [0.1, 0.15) is 37.3 Å². The van der Waals surface area contributed by atoms with Gasteiger partial charge in [0.25, 0.3) is 0 Å². The van der Waals surface area contributed by atoms with Crippen LogP contribution in [-0.4, -0.2) is 19.1 Å². The lowest BCUT2D eigenvalue weighted by Gasteiger charge is -2.16. The Balaban J connectivity index is 2.24. The summed E-state index contributed by atoms with van der Waals surface area (Å²) in [6.07, 6.45) is 5.04. The highest BCUT2D eigenvalue weighted by Gasteiger charge is 2.21. The highest BCUT2D eigenvalue weighted by Crippen LogP contribution is 2.40. The van der Waals surface area contributed by atoms with Gasteiger partial charge in [-0.15, -0.1) is 0 Å². The molecule has 0 unspecified atom stereocenters. The number of pyridine rings is 1. The van der Waals surface area contributed by atoms with E-state index in [2.05, 4.69) is 11.4 Å². The van der Waals surface area contributed by atoms with Gasteiger partial charge < -0.3 is 10.1 Å². The van der Waals surface area contributed by atoms with E-state index in [0.29, 0.717) is 10.9 Å². The molecule has 4 heteroatoms. The van der Waals surface area contributed by atoms with Crippen LogP contribution in [0.15, 0.2) is 18.2 Å².